The third-order valence-electron chi connectivity index (χ3n) is 7.07. The third-order valence-corrected chi connectivity index (χ3v) is 9.83. The Bertz CT molecular complexity index is 1370. The molecule has 1 aromatic carbocycles. The Morgan fingerprint density at radius 1 is 1.14 bits per heavy atom. The summed E-state index contributed by atoms with van der Waals surface area (Å²) in [6.45, 7) is 2.90. The van der Waals surface area contributed by atoms with Gasteiger partial charge in [-0.2, -0.15) is 0 Å². The molecule has 1 atom stereocenters. The number of piperidine rings is 1. The minimum atomic E-state index is -3.07. The molecule has 190 valence electrons. The molecule has 2 aromatic heterocycles. The van der Waals surface area contributed by atoms with Gasteiger partial charge in [0.15, 0.2) is 9.84 Å². The molecule has 0 radical (unpaired) electrons. The van der Waals surface area contributed by atoms with E-state index in [1.165, 1.54) is 16.2 Å². The first-order chi connectivity index (χ1) is 17.2. The molecule has 5 rings (SSSR count). The number of amides is 2. The molecular formula is C25H28N4O5S2. The molecule has 2 aliphatic heterocycles. The van der Waals surface area contributed by atoms with Gasteiger partial charge in [-0.15, -0.1) is 11.3 Å². The topological polar surface area (TPSA) is 114 Å². The van der Waals surface area contributed by atoms with Gasteiger partial charge in [-0.3, -0.25) is 9.59 Å². The van der Waals surface area contributed by atoms with Crippen molar-refractivity contribution in [2.45, 2.75) is 38.1 Å². The fourth-order valence-electron chi connectivity index (χ4n) is 4.91. The number of aryl methyl sites for hydroxylation is 1. The van der Waals surface area contributed by atoms with E-state index in [0.29, 0.717) is 42.2 Å². The second-order valence-corrected chi connectivity index (χ2v) is 12.6. The van der Waals surface area contributed by atoms with Crippen molar-refractivity contribution in [1.29, 1.82) is 0 Å². The molecule has 36 heavy (non-hydrogen) atoms. The van der Waals surface area contributed by atoms with E-state index >= 15 is 0 Å². The van der Waals surface area contributed by atoms with Gasteiger partial charge in [0, 0.05) is 43.0 Å². The highest BCUT2D eigenvalue weighted by atomic mass is 32.2. The molecule has 0 aliphatic carbocycles. The minimum Gasteiger partial charge on any atom is -0.360 e. The van der Waals surface area contributed by atoms with E-state index < -0.39 is 9.84 Å². The van der Waals surface area contributed by atoms with Crippen LogP contribution in [0.2, 0.25) is 0 Å². The van der Waals surface area contributed by atoms with Crippen LogP contribution in [0, 0.1) is 6.92 Å². The first-order valence-electron chi connectivity index (χ1n) is 12.0. The molecule has 3 aromatic rings. The lowest BCUT2D eigenvalue weighted by molar-refractivity contribution is 0.0711. The number of carbonyl (C=O) groups excluding carboxylic acids is 2. The molecule has 2 amide bonds. The molecule has 0 spiro atoms. The van der Waals surface area contributed by atoms with E-state index in [1.807, 2.05) is 35.2 Å². The largest absolute Gasteiger partial charge is 0.360 e. The Hall–Kier alpha value is -3.05. The van der Waals surface area contributed by atoms with Crippen molar-refractivity contribution >= 4 is 33.0 Å². The molecule has 2 saturated heterocycles. The summed E-state index contributed by atoms with van der Waals surface area (Å²) in [6.07, 6.45) is 1.95. The summed E-state index contributed by atoms with van der Waals surface area (Å²) in [6, 6.07) is 9.23. The van der Waals surface area contributed by atoms with Crippen molar-refractivity contribution in [3.63, 3.8) is 0 Å². The fraction of sp³-hybridized carbons (Fsp3) is 0.440. The Kier molecular flexibility index (Phi) is 6.69. The van der Waals surface area contributed by atoms with Gasteiger partial charge in [-0.05, 0) is 26.2 Å². The molecule has 4 heterocycles. The molecule has 9 nitrogen and oxygen atoms in total. The van der Waals surface area contributed by atoms with Gasteiger partial charge >= 0.3 is 0 Å². The Labute approximate surface area is 214 Å². The van der Waals surface area contributed by atoms with E-state index in [2.05, 4.69) is 10.1 Å². The number of hydrogen-bond donors (Lipinski definition) is 0. The van der Waals surface area contributed by atoms with Crippen LogP contribution < -0.4 is 0 Å². The lowest BCUT2D eigenvalue weighted by Crippen LogP contribution is -2.38. The second kappa shape index (κ2) is 9.78. The van der Waals surface area contributed by atoms with Gasteiger partial charge < -0.3 is 14.3 Å². The smallest absolute Gasteiger partial charge is 0.273 e. The molecule has 0 bridgehead atoms. The highest BCUT2D eigenvalue weighted by Gasteiger charge is 2.35. The van der Waals surface area contributed by atoms with E-state index in [9.17, 15) is 18.0 Å². The van der Waals surface area contributed by atoms with Crippen LogP contribution in [0.25, 0.3) is 11.3 Å². The molecule has 11 heteroatoms. The van der Waals surface area contributed by atoms with Gasteiger partial charge in [0.1, 0.15) is 22.7 Å². The normalized spacial score (nSPS) is 19.9. The summed E-state index contributed by atoms with van der Waals surface area (Å²) in [5.41, 5.74) is 2.25. The number of benzene rings is 1. The van der Waals surface area contributed by atoms with Gasteiger partial charge in [0.2, 0.25) is 0 Å². The van der Waals surface area contributed by atoms with Crippen LogP contribution in [0.3, 0.4) is 0 Å². The summed E-state index contributed by atoms with van der Waals surface area (Å²) in [5.74, 6) is 0.461. The average molecular weight is 529 g/mol. The van der Waals surface area contributed by atoms with Crippen LogP contribution in [0.15, 0.2) is 40.2 Å². The van der Waals surface area contributed by atoms with Crippen molar-refractivity contribution in [1.82, 2.24) is 19.9 Å². The number of carbonyl (C=O) groups is 2. The van der Waals surface area contributed by atoms with Crippen LogP contribution in [0.4, 0.5) is 0 Å². The predicted molar refractivity (Wildman–Crippen MR) is 136 cm³/mol. The zero-order valence-corrected chi connectivity index (χ0v) is 21.8. The van der Waals surface area contributed by atoms with Crippen LogP contribution >= 0.6 is 11.3 Å². The second-order valence-electron chi connectivity index (χ2n) is 9.44. The van der Waals surface area contributed by atoms with Crippen molar-refractivity contribution in [3.8, 4) is 11.3 Å². The summed E-state index contributed by atoms with van der Waals surface area (Å²) in [7, 11) is -1.43. The van der Waals surface area contributed by atoms with Gasteiger partial charge in [0.05, 0.1) is 16.5 Å². The lowest BCUT2D eigenvalue weighted by Gasteiger charge is -2.31. The van der Waals surface area contributed by atoms with Gasteiger partial charge in [0.25, 0.3) is 11.8 Å². The zero-order chi connectivity index (χ0) is 25.4. The van der Waals surface area contributed by atoms with E-state index in [-0.39, 0.29) is 35.3 Å². The van der Waals surface area contributed by atoms with Gasteiger partial charge in [-0.25, -0.2) is 13.4 Å². The monoisotopic (exact) mass is 528 g/mol. The van der Waals surface area contributed by atoms with E-state index in [1.54, 1.807) is 19.4 Å². The summed E-state index contributed by atoms with van der Waals surface area (Å²) in [5, 5.41) is 6.76. The SMILES string of the molecule is Cc1onc(-c2ccccc2)c1C(=O)N1CCC(c2nc(C(=O)N(C)C3CCS(=O)(=O)C3)cs2)CC1. The molecule has 1 unspecified atom stereocenters. The Morgan fingerprint density at radius 2 is 1.86 bits per heavy atom. The van der Waals surface area contributed by atoms with Crippen LogP contribution in [0.1, 0.15) is 56.8 Å². The number of thiazole rings is 1. The van der Waals surface area contributed by atoms with Crippen molar-refractivity contribution in [2.24, 2.45) is 0 Å². The number of aromatic nitrogens is 2. The maximum absolute atomic E-state index is 13.4. The number of likely N-dealkylation sites (tertiary alicyclic amines) is 1. The molecule has 2 aliphatic rings. The van der Waals surface area contributed by atoms with Crippen LogP contribution in [-0.2, 0) is 9.84 Å². The van der Waals surface area contributed by atoms with E-state index in [4.69, 9.17) is 4.52 Å². The highest BCUT2D eigenvalue weighted by Crippen LogP contribution is 2.33. The number of sulfone groups is 1. The highest BCUT2D eigenvalue weighted by molar-refractivity contribution is 7.91. The summed E-state index contributed by atoms with van der Waals surface area (Å²) >= 11 is 1.45. The lowest BCUT2D eigenvalue weighted by atomic mass is 9.96. The van der Waals surface area contributed by atoms with Crippen LogP contribution in [0.5, 0.6) is 0 Å². The average Bonchev–Trinajstić information content (AvgIpc) is 3.62. The maximum atomic E-state index is 13.4. The standard InChI is InChI=1S/C25H28N4O5S2/c1-16-21(22(27-34-16)17-6-4-3-5-7-17)25(31)29-11-8-18(9-12-29)23-26-20(14-35-23)24(30)28(2)19-10-13-36(32,33)15-19/h3-7,14,18-19H,8-13,15H2,1-2H3. The molecular weight excluding hydrogens is 500 g/mol. The minimum absolute atomic E-state index is 0.0103. The Morgan fingerprint density at radius 3 is 2.53 bits per heavy atom. The number of nitrogens with zero attached hydrogens (tertiary/aromatic N) is 4. The molecule has 0 N–H and O–H groups in total. The fourth-order valence-corrected chi connectivity index (χ4v) is 7.64. The van der Waals surface area contributed by atoms with E-state index in [0.717, 1.165) is 23.4 Å². The van der Waals surface area contributed by atoms with Crippen LogP contribution in [-0.4, -0.2) is 77.9 Å². The molecule has 0 saturated carbocycles. The summed E-state index contributed by atoms with van der Waals surface area (Å²) in [4.78, 5) is 34.2. The Balaban J connectivity index is 1.23. The first kappa shape index (κ1) is 24.6. The van der Waals surface area contributed by atoms with Crippen molar-refractivity contribution in [3.05, 3.63) is 57.7 Å². The van der Waals surface area contributed by atoms with Gasteiger partial charge in [-0.1, -0.05) is 35.5 Å². The number of rotatable bonds is 5. The first-order valence-corrected chi connectivity index (χ1v) is 14.7. The third kappa shape index (κ3) is 4.81. The molecule has 2 fully saturated rings. The van der Waals surface area contributed by atoms with Crippen molar-refractivity contribution in [2.75, 3.05) is 31.6 Å². The number of hydrogen-bond acceptors (Lipinski definition) is 8. The van der Waals surface area contributed by atoms with Crippen molar-refractivity contribution < 1.29 is 22.5 Å². The predicted octanol–water partition coefficient (Wildman–Crippen LogP) is 3.39. The quantitative estimate of drug-likeness (QED) is 0.499. The maximum Gasteiger partial charge on any atom is 0.273 e. The summed E-state index contributed by atoms with van der Waals surface area (Å²) < 4.78 is 28.9. The zero-order valence-electron chi connectivity index (χ0n) is 20.2.